The molecule has 0 aliphatic carbocycles. The monoisotopic (exact) mass is 400 g/mol. The summed E-state index contributed by atoms with van der Waals surface area (Å²) in [4.78, 5) is 16.5. The molecule has 1 aromatic heterocycles. The molecule has 0 spiro atoms. The Morgan fingerprint density at radius 3 is 2.52 bits per heavy atom. The van der Waals surface area contributed by atoms with Crippen LogP contribution in [-0.4, -0.2) is 22.0 Å². The molecule has 5 nitrogen and oxygen atoms in total. The van der Waals surface area contributed by atoms with Crippen LogP contribution < -0.4 is 10.6 Å². The lowest BCUT2D eigenvalue weighted by Gasteiger charge is -2.15. The Labute approximate surface area is 165 Å². The number of aryl methyl sites for hydroxylation is 1. The predicted molar refractivity (Wildman–Crippen MR) is 104 cm³/mol. The van der Waals surface area contributed by atoms with E-state index in [9.17, 15) is 18.0 Å². The predicted octanol–water partition coefficient (Wildman–Crippen LogP) is 4.45. The van der Waals surface area contributed by atoms with Crippen LogP contribution in [0.2, 0.25) is 0 Å². The Kier molecular flexibility index (Phi) is 4.77. The quantitative estimate of drug-likeness (QED) is 0.680. The van der Waals surface area contributed by atoms with E-state index in [2.05, 4.69) is 15.6 Å². The summed E-state index contributed by atoms with van der Waals surface area (Å²) in [5.74, 6) is -0.210. The molecule has 1 amide bonds. The molecule has 2 aromatic carbocycles. The highest BCUT2D eigenvalue weighted by Crippen LogP contribution is 2.35. The minimum atomic E-state index is -4.37. The van der Waals surface area contributed by atoms with Gasteiger partial charge in [-0.05, 0) is 48.4 Å². The molecule has 1 saturated heterocycles. The van der Waals surface area contributed by atoms with E-state index in [0.29, 0.717) is 23.6 Å². The largest absolute Gasteiger partial charge is 0.416 e. The first-order chi connectivity index (χ1) is 13.8. The number of amides is 1. The maximum absolute atomic E-state index is 12.8. The number of aromatic nitrogens is 2. The summed E-state index contributed by atoms with van der Waals surface area (Å²) in [5.41, 5.74) is 2.91. The number of benzene rings is 2. The van der Waals surface area contributed by atoms with Gasteiger partial charge in [-0.1, -0.05) is 6.07 Å². The lowest BCUT2D eigenvalue weighted by atomic mass is 9.94. The summed E-state index contributed by atoms with van der Waals surface area (Å²) in [7, 11) is 1.85. The molecule has 1 fully saturated rings. The number of hydrogen-bond donors (Lipinski definition) is 2. The highest BCUT2D eigenvalue weighted by Gasteiger charge is 2.30. The first-order valence-corrected chi connectivity index (χ1v) is 9.15. The highest BCUT2D eigenvalue weighted by atomic mass is 19.4. The van der Waals surface area contributed by atoms with Gasteiger partial charge in [0.05, 0.1) is 23.5 Å². The van der Waals surface area contributed by atoms with Crippen LogP contribution in [0.15, 0.2) is 55.0 Å². The molecule has 1 atom stereocenters. The molecule has 3 aromatic rings. The summed E-state index contributed by atoms with van der Waals surface area (Å²) >= 11 is 0. The van der Waals surface area contributed by atoms with E-state index >= 15 is 0 Å². The fraction of sp³-hybridized carbons (Fsp3) is 0.238. The second-order valence-corrected chi connectivity index (χ2v) is 7.06. The number of anilines is 2. The normalized spacial score (nSPS) is 16.7. The van der Waals surface area contributed by atoms with Crippen LogP contribution >= 0.6 is 0 Å². The van der Waals surface area contributed by atoms with Crippen molar-refractivity contribution < 1.29 is 18.0 Å². The summed E-state index contributed by atoms with van der Waals surface area (Å²) in [6, 6.07) is 10.5. The van der Waals surface area contributed by atoms with Crippen molar-refractivity contribution in [2.24, 2.45) is 7.05 Å². The van der Waals surface area contributed by atoms with Crippen LogP contribution in [0.5, 0.6) is 0 Å². The van der Waals surface area contributed by atoms with Crippen LogP contribution in [0, 0.1) is 0 Å². The minimum absolute atomic E-state index is 0.000388. The van der Waals surface area contributed by atoms with Gasteiger partial charge in [0.25, 0.3) is 0 Å². The number of carbonyl (C=O) groups is 1. The molecular weight excluding hydrogens is 381 g/mol. The zero-order chi connectivity index (χ0) is 20.6. The van der Waals surface area contributed by atoms with Gasteiger partial charge in [-0.3, -0.25) is 4.79 Å². The maximum atomic E-state index is 12.8. The van der Waals surface area contributed by atoms with Gasteiger partial charge in [0.15, 0.2) is 0 Å². The first-order valence-electron chi connectivity index (χ1n) is 9.15. The highest BCUT2D eigenvalue weighted by molar-refractivity contribution is 5.87. The van der Waals surface area contributed by atoms with Crippen LogP contribution in [0.1, 0.15) is 23.5 Å². The van der Waals surface area contributed by atoms with Crippen LogP contribution in [0.4, 0.5) is 24.5 Å². The Balaban J connectivity index is 1.69. The van der Waals surface area contributed by atoms with Gasteiger partial charge in [-0.2, -0.15) is 13.2 Å². The average Bonchev–Trinajstić information content (AvgIpc) is 3.30. The number of nitrogens with zero attached hydrogens (tertiary/aromatic N) is 2. The summed E-state index contributed by atoms with van der Waals surface area (Å²) in [6.07, 6.45) is -0.120. The molecule has 0 saturated carbocycles. The average molecular weight is 400 g/mol. The van der Waals surface area contributed by atoms with Crippen molar-refractivity contribution in [2.75, 3.05) is 11.9 Å². The van der Waals surface area contributed by atoms with Gasteiger partial charge in [0, 0.05) is 36.7 Å². The topological polar surface area (TPSA) is 59.0 Å². The standard InChI is InChI=1S/C21H19F3N4O/c1-28-11-19(26-12-28)17-10-13(16-8-9-25-20(16)29)2-7-18(17)27-15-5-3-14(4-6-15)21(22,23)24/h2-7,10-12,16,27H,8-9H2,1H3,(H,25,29)/t16-/m0/s1. The number of nitrogens with one attached hydrogen (secondary N) is 2. The van der Waals surface area contributed by atoms with Crippen LogP contribution in [0.25, 0.3) is 11.3 Å². The SMILES string of the molecule is Cn1cnc(-c2cc([C@@H]3CCNC3=O)ccc2Nc2ccc(C(F)(F)F)cc2)c1. The third kappa shape index (κ3) is 3.96. The lowest BCUT2D eigenvalue weighted by Crippen LogP contribution is -2.17. The summed E-state index contributed by atoms with van der Waals surface area (Å²) in [6.45, 7) is 0.647. The second-order valence-electron chi connectivity index (χ2n) is 7.06. The van der Waals surface area contributed by atoms with Gasteiger partial charge in [0.1, 0.15) is 0 Å². The van der Waals surface area contributed by atoms with E-state index in [1.54, 1.807) is 6.33 Å². The Morgan fingerprint density at radius 1 is 1.17 bits per heavy atom. The van der Waals surface area contributed by atoms with Crippen molar-refractivity contribution >= 4 is 17.3 Å². The Bertz CT molecular complexity index is 1040. The number of rotatable bonds is 4. The summed E-state index contributed by atoms with van der Waals surface area (Å²) < 4.78 is 40.2. The van der Waals surface area contributed by atoms with E-state index in [4.69, 9.17) is 0 Å². The first kappa shape index (κ1) is 19.0. The van der Waals surface area contributed by atoms with E-state index in [1.807, 2.05) is 36.0 Å². The van der Waals surface area contributed by atoms with Crippen molar-refractivity contribution in [3.8, 4) is 11.3 Å². The molecule has 150 valence electrons. The molecule has 29 heavy (non-hydrogen) atoms. The van der Waals surface area contributed by atoms with Crippen molar-refractivity contribution in [1.29, 1.82) is 0 Å². The number of carbonyl (C=O) groups excluding carboxylic acids is 1. The number of halogens is 3. The van der Waals surface area contributed by atoms with E-state index in [-0.39, 0.29) is 11.8 Å². The fourth-order valence-electron chi connectivity index (χ4n) is 3.46. The van der Waals surface area contributed by atoms with E-state index in [0.717, 1.165) is 29.7 Å². The van der Waals surface area contributed by atoms with Crippen LogP contribution in [-0.2, 0) is 18.0 Å². The molecule has 1 aliphatic rings. The smallest absolute Gasteiger partial charge is 0.356 e. The molecule has 2 heterocycles. The fourth-order valence-corrected chi connectivity index (χ4v) is 3.46. The zero-order valence-electron chi connectivity index (χ0n) is 15.6. The Hall–Kier alpha value is -3.29. The van der Waals surface area contributed by atoms with E-state index < -0.39 is 11.7 Å². The molecule has 0 bridgehead atoms. The van der Waals surface area contributed by atoms with E-state index in [1.165, 1.54) is 12.1 Å². The van der Waals surface area contributed by atoms with Gasteiger partial charge < -0.3 is 15.2 Å². The van der Waals surface area contributed by atoms with Crippen molar-refractivity contribution in [2.45, 2.75) is 18.5 Å². The van der Waals surface area contributed by atoms with Crippen molar-refractivity contribution in [3.05, 3.63) is 66.1 Å². The van der Waals surface area contributed by atoms with Crippen molar-refractivity contribution in [1.82, 2.24) is 14.9 Å². The molecule has 0 radical (unpaired) electrons. The molecule has 4 rings (SSSR count). The third-order valence-electron chi connectivity index (χ3n) is 4.97. The summed E-state index contributed by atoms with van der Waals surface area (Å²) in [5, 5.41) is 6.01. The van der Waals surface area contributed by atoms with Gasteiger partial charge >= 0.3 is 6.18 Å². The lowest BCUT2D eigenvalue weighted by molar-refractivity contribution is -0.137. The zero-order valence-corrected chi connectivity index (χ0v) is 15.6. The minimum Gasteiger partial charge on any atom is -0.356 e. The van der Waals surface area contributed by atoms with Crippen LogP contribution in [0.3, 0.4) is 0 Å². The molecule has 8 heteroatoms. The second kappa shape index (κ2) is 7.27. The molecule has 2 N–H and O–H groups in total. The number of hydrogen-bond acceptors (Lipinski definition) is 3. The van der Waals surface area contributed by atoms with Gasteiger partial charge in [-0.25, -0.2) is 4.98 Å². The molecular formula is C21H19F3N4O. The van der Waals surface area contributed by atoms with Crippen molar-refractivity contribution in [3.63, 3.8) is 0 Å². The van der Waals surface area contributed by atoms with Gasteiger partial charge in [0.2, 0.25) is 5.91 Å². The maximum Gasteiger partial charge on any atom is 0.416 e. The van der Waals surface area contributed by atoms with Gasteiger partial charge in [-0.15, -0.1) is 0 Å². The Morgan fingerprint density at radius 2 is 1.93 bits per heavy atom. The molecule has 1 aliphatic heterocycles. The molecule has 0 unspecified atom stereocenters. The number of imidazole rings is 1. The number of alkyl halides is 3. The third-order valence-corrected chi connectivity index (χ3v) is 4.97.